The van der Waals surface area contributed by atoms with Gasteiger partial charge in [-0.2, -0.15) is 13.2 Å². The van der Waals surface area contributed by atoms with Gasteiger partial charge < -0.3 is 9.72 Å². The summed E-state index contributed by atoms with van der Waals surface area (Å²) < 4.78 is 44.3. The molecule has 0 fully saturated rings. The van der Waals surface area contributed by atoms with Gasteiger partial charge in [0.15, 0.2) is 12.4 Å². The Hall–Kier alpha value is -3.17. The van der Waals surface area contributed by atoms with Crippen molar-refractivity contribution in [1.29, 1.82) is 0 Å². The van der Waals surface area contributed by atoms with Crippen LogP contribution in [0.5, 0.6) is 5.75 Å². The maximum absolute atomic E-state index is 13.1. The van der Waals surface area contributed by atoms with E-state index in [4.69, 9.17) is 4.74 Å². The van der Waals surface area contributed by atoms with E-state index in [0.29, 0.717) is 22.9 Å². The van der Waals surface area contributed by atoms with Crippen LogP contribution >= 0.6 is 0 Å². The second-order valence-corrected chi connectivity index (χ2v) is 5.83. The number of nitro groups is 1. The lowest BCUT2D eigenvalue weighted by Crippen LogP contribution is -2.16. The van der Waals surface area contributed by atoms with E-state index in [1.54, 1.807) is 13.8 Å². The lowest BCUT2D eigenvalue weighted by Gasteiger charge is -2.13. The van der Waals surface area contributed by atoms with E-state index in [0.717, 1.165) is 12.1 Å². The number of aromatic amines is 1. The zero-order chi connectivity index (χ0) is 20.5. The maximum Gasteiger partial charge on any atom is 0.420 e. The maximum atomic E-state index is 13.1. The van der Waals surface area contributed by atoms with Gasteiger partial charge in [0.25, 0.3) is 5.69 Å². The van der Waals surface area contributed by atoms with Gasteiger partial charge in [0.05, 0.1) is 10.6 Å². The van der Waals surface area contributed by atoms with Crippen molar-refractivity contribution in [1.82, 2.24) is 4.98 Å². The highest BCUT2D eigenvalue weighted by Gasteiger charge is 2.36. The van der Waals surface area contributed by atoms with E-state index in [1.165, 1.54) is 6.92 Å². The summed E-state index contributed by atoms with van der Waals surface area (Å²) in [6.07, 6.45) is -4.90. The van der Waals surface area contributed by atoms with E-state index in [1.807, 2.05) is 0 Å². The van der Waals surface area contributed by atoms with E-state index < -0.39 is 40.5 Å². The van der Waals surface area contributed by atoms with Gasteiger partial charge in [-0.25, -0.2) is 0 Å². The first kappa shape index (κ1) is 20.1. The first-order valence-electron chi connectivity index (χ1n) is 7.65. The highest BCUT2D eigenvalue weighted by atomic mass is 19.4. The molecule has 0 spiro atoms. The summed E-state index contributed by atoms with van der Waals surface area (Å²) in [6, 6.07) is 1.99. The number of aryl methyl sites for hydroxylation is 1. The number of halogens is 3. The molecular weight excluding hydrogens is 369 g/mol. The van der Waals surface area contributed by atoms with Crippen LogP contribution in [-0.2, 0) is 6.18 Å². The highest BCUT2D eigenvalue weighted by molar-refractivity contribution is 6.03. The number of H-pyrrole nitrogens is 1. The number of hydrogen-bond acceptors (Lipinski definition) is 5. The van der Waals surface area contributed by atoms with E-state index in [2.05, 4.69) is 4.98 Å². The fourth-order valence-electron chi connectivity index (χ4n) is 2.75. The molecule has 0 aliphatic rings. The average Bonchev–Trinajstić information content (AvgIpc) is 2.86. The van der Waals surface area contributed by atoms with Gasteiger partial charge in [-0.3, -0.25) is 19.7 Å². The number of nitrogens with one attached hydrogen (secondary N) is 1. The summed E-state index contributed by atoms with van der Waals surface area (Å²) in [7, 11) is 0. The van der Waals surface area contributed by atoms with Crippen LogP contribution < -0.4 is 4.74 Å². The molecule has 144 valence electrons. The molecule has 0 unspecified atom stereocenters. The van der Waals surface area contributed by atoms with Gasteiger partial charge in [-0.05, 0) is 32.4 Å². The largest absolute Gasteiger partial charge is 0.485 e. The third-order valence-electron chi connectivity index (χ3n) is 3.91. The Morgan fingerprint density at radius 3 is 2.37 bits per heavy atom. The summed E-state index contributed by atoms with van der Waals surface area (Å²) in [4.78, 5) is 36.4. The molecule has 0 saturated carbocycles. The summed E-state index contributed by atoms with van der Waals surface area (Å²) >= 11 is 0. The molecule has 1 aromatic heterocycles. The molecule has 0 saturated heterocycles. The smallest absolute Gasteiger partial charge is 0.420 e. The number of rotatable bonds is 6. The third kappa shape index (κ3) is 4.15. The fraction of sp³-hybridized carbons (Fsp3) is 0.294. The van der Waals surface area contributed by atoms with Gasteiger partial charge in [-0.1, -0.05) is 0 Å². The van der Waals surface area contributed by atoms with Crippen molar-refractivity contribution in [2.75, 3.05) is 6.61 Å². The monoisotopic (exact) mass is 384 g/mol. The van der Waals surface area contributed by atoms with Crippen molar-refractivity contribution < 1.29 is 32.4 Å². The number of ether oxygens (including phenoxy) is 1. The Kier molecular flexibility index (Phi) is 5.38. The van der Waals surface area contributed by atoms with E-state index in [-0.39, 0.29) is 11.5 Å². The number of Topliss-reactive ketones (excluding diaryl/α,β-unsaturated/α-hetero) is 2. The summed E-state index contributed by atoms with van der Waals surface area (Å²) in [5, 5.41) is 10.7. The average molecular weight is 384 g/mol. The Morgan fingerprint density at radius 1 is 1.26 bits per heavy atom. The Labute approximate surface area is 151 Å². The summed E-state index contributed by atoms with van der Waals surface area (Å²) in [6.45, 7) is 3.74. The second-order valence-electron chi connectivity index (χ2n) is 5.83. The van der Waals surface area contributed by atoms with Crippen LogP contribution in [0.25, 0.3) is 0 Å². The van der Waals surface area contributed by atoms with Crippen molar-refractivity contribution >= 4 is 17.3 Å². The summed E-state index contributed by atoms with van der Waals surface area (Å²) in [5.74, 6) is -1.61. The van der Waals surface area contributed by atoms with Crippen LogP contribution in [0, 0.1) is 24.0 Å². The lowest BCUT2D eigenvalue weighted by atomic mass is 10.1. The number of hydrogen-bond donors (Lipinski definition) is 1. The number of ketones is 2. The van der Waals surface area contributed by atoms with Crippen molar-refractivity contribution in [3.63, 3.8) is 0 Å². The number of nitro benzene ring substituents is 1. The molecular formula is C17H15F3N2O5. The number of alkyl halides is 3. The molecule has 2 aromatic rings. The zero-order valence-corrected chi connectivity index (χ0v) is 14.6. The molecule has 2 rings (SSSR count). The minimum atomic E-state index is -4.90. The third-order valence-corrected chi connectivity index (χ3v) is 3.91. The van der Waals surface area contributed by atoms with Crippen LogP contribution in [0.4, 0.5) is 18.9 Å². The van der Waals surface area contributed by atoms with Crippen LogP contribution in [0.15, 0.2) is 18.2 Å². The van der Waals surface area contributed by atoms with Crippen LogP contribution in [0.1, 0.15) is 44.6 Å². The minimum absolute atomic E-state index is 0.0631. The molecule has 1 N–H and O–H groups in total. The molecule has 0 aliphatic heterocycles. The van der Waals surface area contributed by atoms with E-state index >= 15 is 0 Å². The first-order chi connectivity index (χ1) is 12.4. The summed E-state index contributed by atoms with van der Waals surface area (Å²) in [5.41, 5.74) is -0.850. The second kappa shape index (κ2) is 7.22. The van der Waals surface area contributed by atoms with E-state index in [9.17, 15) is 32.9 Å². The molecule has 0 amide bonds. The normalized spacial score (nSPS) is 11.3. The Morgan fingerprint density at radius 2 is 1.89 bits per heavy atom. The zero-order valence-electron chi connectivity index (χ0n) is 14.6. The molecule has 0 bridgehead atoms. The molecule has 0 atom stereocenters. The Balaban J connectivity index is 2.29. The van der Waals surface area contributed by atoms with Gasteiger partial charge in [0, 0.05) is 23.4 Å². The van der Waals surface area contributed by atoms with Crippen molar-refractivity contribution in [2.24, 2.45) is 0 Å². The molecule has 10 heteroatoms. The molecule has 27 heavy (non-hydrogen) atoms. The molecule has 7 nitrogen and oxygen atoms in total. The van der Waals surface area contributed by atoms with Crippen molar-refractivity contribution in [3.8, 4) is 5.75 Å². The number of aromatic nitrogens is 1. The van der Waals surface area contributed by atoms with Crippen LogP contribution in [0.3, 0.4) is 0 Å². The highest BCUT2D eigenvalue weighted by Crippen LogP contribution is 2.38. The predicted molar refractivity (Wildman–Crippen MR) is 88.2 cm³/mol. The number of non-ortho nitro benzene ring substituents is 1. The molecule has 0 aliphatic carbocycles. The van der Waals surface area contributed by atoms with Gasteiger partial charge in [0.2, 0.25) is 5.78 Å². The van der Waals surface area contributed by atoms with Gasteiger partial charge in [0.1, 0.15) is 11.3 Å². The van der Waals surface area contributed by atoms with Crippen LogP contribution in [-0.4, -0.2) is 28.1 Å². The number of nitrogens with zero attached hydrogens (tertiary/aromatic N) is 1. The molecule has 0 radical (unpaired) electrons. The number of benzene rings is 1. The SMILES string of the molecule is CC(=O)c1c(C)[nH]c(C(=O)COc2ccc([N+](=O)[O-])cc2C(F)(F)F)c1C. The van der Waals surface area contributed by atoms with Crippen LogP contribution in [0.2, 0.25) is 0 Å². The van der Waals surface area contributed by atoms with Crippen molar-refractivity contribution in [2.45, 2.75) is 26.9 Å². The molecule has 1 aromatic carbocycles. The topological polar surface area (TPSA) is 102 Å². The predicted octanol–water partition coefficient (Wildman–Crippen LogP) is 4.02. The lowest BCUT2D eigenvalue weighted by molar-refractivity contribution is -0.385. The quantitative estimate of drug-likeness (QED) is 0.460. The van der Waals surface area contributed by atoms with Gasteiger partial charge >= 0.3 is 6.18 Å². The Bertz CT molecular complexity index is 931. The molecule has 1 heterocycles. The van der Waals surface area contributed by atoms with Crippen molar-refractivity contribution in [3.05, 3.63) is 56.4 Å². The standard InChI is InChI=1S/C17H15F3N2O5/c1-8-15(10(3)23)9(2)21-16(8)13(24)7-27-14-5-4-11(22(25)26)6-12(14)17(18,19)20/h4-6,21H,7H2,1-3H3. The first-order valence-corrected chi connectivity index (χ1v) is 7.65. The number of carbonyl (C=O) groups excluding carboxylic acids is 2. The van der Waals surface area contributed by atoms with Gasteiger partial charge in [-0.15, -0.1) is 0 Å². The minimum Gasteiger partial charge on any atom is -0.485 e. The number of carbonyl (C=O) groups is 2. The fourth-order valence-corrected chi connectivity index (χ4v) is 2.75.